The summed E-state index contributed by atoms with van der Waals surface area (Å²) in [4.78, 5) is 4.81. The van der Waals surface area contributed by atoms with E-state index in [1.165, 1.54) is 22.0 Å². The van der Waals surface area contributed by atoms with Crippen LogP contribution in [0.4, 0.5) is 0 Å². The minimum Gasteiger partial charge on any atom is -0.377 e. The van der Waals surface area contributed by atoms with Gasteiger partial charge in [-0.1, -0.05) is 61.5 Å². The third-order valence-electron chi connectivity index (χ3n) is 4.49. The van der Waals surface area contributed by atoms with E-state index in [4.69, 9.17) is 9.72 Å². The predicted molar refractivity (Wildman–Crippen MR) is 100 cm³/mol. The summed E-state index contributed by atoms with van der Waals surface area (Å²) in [5.74, 6) is 0.452. The van der Waals surface area contributed by atoms with Crippen LogP contribution in [0.15, 0.2) is 60.7 Å². The van der Waals surface area contributed by atoms with Gasteiger partial charge in [-0.25, -0.2) is 0 Å². The number of pyridine rings is 1. The summed E-state index contributed by atoms with van der Waals surface area (Å²) in [7, 11) is 0. The van der Waals surface area contributed by atoms with Crippen LogP contribution in [-0.4, -0.2) is 11.6 Å². The Morgan fingerprint density at radius 2 is 1.75 bits per heavy atom. The number of aromatic nitrogens is 1. The van der Waals surface area contributed by atoms with Crippen molar-refractivity contribution in [1.82, 2.24) is 4.98 Å². The molecule has 2 heteroatoms. The van der Waals surface area contributed by atoms with Crippen LogP contribution in [0.1, 0.15) is 42.6 Å². The van der Waals surface area contributed by atoms with Crippen LogP contribution in [0.5, 0.6) is 0 Å². The van der Waals surface area contributed by atoms with Crippen molar-refractivity contribution in [2.75, 3.05) is 6.61 Å². The van der Waals surface area contributed by atoms with Gasteiger partial charge in [-0.05, 0) is 42.7 Å². The summed E-state index contributed by atoms with van der Waals surface area (Å²) in [5, 5.41) is 2.53. The first-order valence-corrected chi connectivity index (χ1v) is 8.72. The Balaban J connectivity index is 1.51. The van der Waals surface area contributed by atoms with Crippen molar-refractivity contribution in [3.05, 3.63) is 77.6 Å². The lowest BCUT2D eigenvalue weighted by Gasteiger charge is -2.13. The number of ether oxygens (including phenoxy) is 1. The molecule has 0 amide bonds. The molecule has 0 fully saturated rings. The Morgan fingerprint density at radius 1 is 1.00 bits per heavy atom. The topological polar surface area (TPSA) is 22.1 Å². The van der Waals surface area contributed by atoms with Crippen molar-refractivity contribution in [3.8, 4) is 0 Å². The molecule has 124 valence electrons. The molecule has 24 heavy (non-hydrogen) atoms. The van der Waals surface area contributed by atoms with Gasteiger partial charge in [-0.15, -0.1) is 0 Å². The third kappa shape index (κ3) is 4.21. The van der Waals surface area contributed by atoms with E-state index in [9.17, 15) is 0 Å². The van der Waals surface area contributed by atoms with E-state index in [2.05, 4.69) is 68.4 Å². The van der Waals surface area contributed by atoms with Crippen LogP contribution in [0.25, 0.3) is 10.8 Å². The number of nitrogens with zero attached hydrogens (tertiary/aromatic N) is 1. The minimum atomic E-state index is 0.452. The van der Waals surface area contributed by atoms with Gasteiger partial charge in [-0.3, -0.25) is 4.98 Å². The van der Waals surface area contributed by atoms with Crippen molar-refractivity contribution >= 4 is 10.8 Å². The molecule has 3 aromatic rings. The molecule has 0 radical (unpaired) electrons. The molecule has 0 bridgehead atoms. The summed E-state index contributed by atoms with van der Waals surface area (Å²) in [6, 6.07) is 21.0. The van der Waals surface area contributed by atoms with Crippen molar-refractivity contribution in [2.45, 2.75) is 39.2 Å². The Kier molecular flexibility index (Phi) is 5.60. The molecular formula is C22H25NO. The predicted octanol–water partition coefficient (Wildman–Crippen LogP) is 5.64. The third-order valence-corrected chi connectivity index (χ3v) is 4.49. The zero-order chi connectivity index (χ0) is 16.8. The van der Waals surface area contributed by atoms with Gasteiger partial charge in [0.15, 0.2) is 0 Å². The van der Waals surface area contributed by atoms with E-state index in [0.29, 0.717) is 12.5 Å². The summed E-state index contributed by atoms with van der Waals surface area (Å²) in [5.41, 5.74) is 3.54. The lowest BCUT2D eigenvalue weighted by Crippen LogP contribution is -2.02. The lowest BCUT2D eigenvalue weighted by atomic mass is 9.98. The number of rotatable bonds is 7. The highest BCUT2D eigenvalue weighted by Gasteiger charge is 2.09. The number of benzene rings is 2. The Morgan fingerprint density at radius 3 is 2.58 bits per heavy atom. The molecule has 2 aromatic carbocycles. The molecule has 0 aliphatic rings. The lowest BCUT2D eigenvalue weighted by molar-refractivity contribution is 0.116. The molecule has 0 aliphatic carbocycles. The zero-order valence-electron chi connectivity index (χ0n) is 14.5. The van der Waals surface area contributed by atoms with Crippen molar-refractivity contribution in [2.24, 2.45) is 0 Å². The summed E-state index contributed by atoms with van der Waals surface area (Å²) < 4.78 is 5.78. The fourth-order valence-electron chi connectivity index (χ4n) is 3.05. The maximum absolute atomic E-state index is 5.78. The summed E-state index contributed by atoms with van der Waals surface area (Å²) >= 11 is 0. The molecule has 0 saturated heterocycles. The van der Waals surface area contributed by atoms with Gasteiger partial charge in [0, 0.05) is 23.4 Å². The second kappa shape index (κ2) is 8.07. The number of hydrogen-bond donors (Lipinski definition) is 0. The van der Waals surface area contributed by atoms with Crippen molar-refractivity contribution in [3.63, 3.8) is 0 Å². The monoisotopic (exact) mass is 319 g/mol. The van der Waals surface area contributed by atoms with Gasteiger partial charge in [0.1, 0.15) is 0 Å². The number of hydrogen-bond acceptors (Lipinski definition) is 2. The van der Waals surface area contributed by atoms with Gasteiger partial charge in [0.05, 0.1) is 6.61 Å². The fraction of sp³-hybridized carbons (Fsp3) is 0.318. The highest BCUT2D eigenvalue weighted by molar-refractivity contribution is 5.84. The number of fused-ring (bicyclic) bond motifs is 1. The molecule has 1 heterocycles. The SMILES string of the molecule is Cc1nc(C(C)CCCOCc2ccccc2)cc2ccccc12. The van der Waals surface area contributed by atoms with E-state index < -0.39 is 0 Å². The van der Waals surface area contributed by atoms with E-state index in [1.807, 2.05) is 6.07 Å². The van der Waals surface area contributed by atoms with E-state index in [-0.39, 0.29) is 0 Å². The molecule has 1 atom stereocenters. The second-order valence-corrected chi connectivity index (χ2v) is 6.44. The van der Waals surface area contributed by atoms with Crippen LogP contribution in [0, 0.1) is 6.92 Å². The van der Waals surface area contributed by atoms with Crippen LogP contribution in [-0.2, 0) is 11.3 Å². The van der Waals surface area contributed by atoms with E-state index >= 15 is 0 Å². The molecule has 0 saturated carbocycles. The number of aryl methyl sites for hydroxylation is 1. The normalized spacial score (nSPS) is 12.4. The summed E-state index contributed by atoms with van der Waals surface area (Å²) in [6.45, 7) is 5.85. The standard InChI is InChI=1S/C22H25NO/c1-17(9-8-14-24-16-19-10-4-3-5-11-19)22-15-20-12-6-7-13-21(20)18(2)23-22/h3-7,10-13,15,17H,8-9,14,16H2,1-2H3. The van der Waals surface area contributed by atoms with E-state index in [0.717, 1.165) is 25.1 Å². The van der Waals surface area contributed by atoms with Crippen molar-refractivity contribution in [1.29, 1.82) is 0 Å². The fourth-order valence-corrected chi connectivity index (χ4v) is 3.05. The molecule has 0 N–H and O–H groups in total. The maximum atomic E-state index is 5.78. The van der Waals surface area contributed by atoms with Gasteiger partial charge in [0.2, 0.25) is 0 Å². The largest absolute Gasteiger partial charge is 0.377 e. The van der Waals surface area contributed by atoms with E-state index in [1.54, 1.807) is 0 Å². The smallest absolute Gasteiger partial charge is 0.0716 e. The zero-order valence-corrected chi connectivity index (χ0v) is 14.5. The first-order chi connectivity index (χ1) is 11.7. The van der Waals surface area contributed by atoms with Gasteiger partial charge in [0.25, 0.3) is 0 Å². The Labute approximate surface area is 144 Å². The first-order valence-electron chi connectivity index (χ1n) is 8.72. The highest BCUT2D eigenvalue weighted by Crippen LogP contribution is 2.24. The molecule has 1 aromatic heterocycles. The average Bonchev–Trinajstić information content (AvgIpc) is 2.62. The molecule has 1 unspecified atom stereocenters. The van der Waals surface area contributed by atoms with Gasteiger partial charge < -0.3 is 4.74 Å². The minimum absolute atomic E-state index is 0.452. The molecular weight excluding hydrogens is 294 g/mol. The van der Waals surface area contributed by atoms with Crippen LogP contribution >= 0.6 is 0 Å². The van der Waals surface area contributed by atoms with Crippen molar-refractivity contribution < 1.29 is 4.74 Å². The summed E-state index contributed by atoms with van der Waals surface area (Å²) in [6.07, 6.45) is 2.15. The maximum Gasteiger partial charge on any atom is 0.0716 e. The molecule has 0 spiro atoms. The molecule has 3 rings (SSSR count). The quantitative estimate of drug-likeness (QED) is 0.525. The van der Waals surface area contributed by atoms with Crippen LogP contribution < -0.4 is 0 Å². The first kappa shape index (κ1) is 16.7. The van der Waals surface area contributed by atoms with Crippen LogP contribution in [0.2, 0.25) is 0 Å². The van der Waals surface area contributed by atoms with Gasteiger partial charge >= 0.3 is 0 Å². The Bertz CT molecular complexity index is 782. The average molecular weight is 319 g/mol. The molecule has 2 nitrogen and oxygen atoms in total. The highest BCUT2D eigenvalue weighted by atomic mass is 16.5. The second-order valence-electron chi connectivity index (χ2n) is 6.44. The van der Waals surface area contributed by atoms with Gasteiger partial charge in [-0.2, -0.15) is 0 Å². The van der Waals surface area contributed by atoms with Crippen LogP contribution in [0.3, 0.4) is 0 Å². The Hall–Kier alpha value is -2.19. The molecule has 0 aliphatic heterocycles.